The van der Waals surface area contributed by atoms with Gasteiger partial charge < -0.3 is 9.88 Å². The van der Waals surface area contributed by atoms with Crippen molar-refractivity contribution in [1.29, 1.82) is 0 Å². The molecule has 2 heterocycles. The van der Waals surface area contributed by atoms with Gasteiger partial charge in [0.2, 0.25) is 5.91 Å². The first kappa shape index (κ1) is 14.3. The highest BCUT2D eigenvalue weighted by Crippen LogP contribution is 2.25. The first-order valence-corrected chi connectivity index (χ1v) is 7.21. The molecule has 3 aromatic rings. The predicted octanol–water partition coefficient (Wildman–Crippen LogP) is 1.41. The molecule has 0 saturated carbocycles. The van der Waals surface area contributed by atoms with Gasteiger partial charge in [0.25, 0.3) is 5.56 Å². The number of nitrogens with zero attached hydrogens (tertiary/aromatic N) is 3. The van der Waals surface area contributed by atoms with Gasteiger partial charge in [-0.25, -0.2) is 4.68 Å². The lowest BCUT2D eigenvalue weighted by Gasteiger charge is -2.10. The van der Waals surface area contributed by atoms with Crippen molar-refractivity contribution in [3.63, 3.8) is 0 Å². The number of benzene rings is 1. The summed E-state index contributed by atoms with van der Waals surface area (Å²) in [5.41, 5.74) is 1.17. The Labute approximate surface area is 127 Å². The molecule has 1 amide bonds. The Hall–Kier alpha value is -2.63. The zero-order valence-electron chi connectivity index (χ0n) is 12.8. The summed E-state index contributed by atoms with van der Waals surface area (Å²) in [5.74, 6) is -0.114. The SMILES string of the molecule is CC(C)NC(=O)Cn1c2ccccc2c2cnn(C)c(=O)c21. The number of hydrogen-bond donors (Lipinski definition) is 1. The molecule has 0 aliphatic rings. The van der Waals surface area contributed by atoms with Gasteiger partial charge >= 0.3 is 0 Å². The molecular formula is C16H18N4O2. The van der Waals surface area contributed by atoms with E-state index in [-0.39, 0.29) is 24.1 Å². The average Bonchev–Trinajstić information content (AvgIpc) is 2.77. The van der Waals surface area contributed by atoms with Crippen LogP contribution < -0.4 is 10.9 Å². The average molecular weight is 298 g/mol. The highest BCUT2D eigenvalue weighted by Gasteiger charge is 2.16. The van der Waals surface area contributed by atoms with E-state index in [1.807, 2.05) is 38.1 Å². The van der Waals surface area contributed by atoms with Gasteiger partial charge in [0, 0.05) is 29.4 Å². The maximum atomic E-state index is 12.5. The van der Waals surface area contributed by atoms with Crippen LogP contribution in [0.5, 0.6) is 0 Å². The maximum absolute atomic E-state index is 12.5. The zero-order valence-corrected chi connectivity index (χ0v) is 12.8. The second kappa shape index (κ2) is 5.29. The Morgan fingerprint density at radius 3 is 2.73 bits per heavy atom. The van der Waals surface area contributed by atoms with E-state index in [1.54, 1.807) is 17.8 Å². The van der Waals surface area contributed by atoms with Gasteiger partial charge in [-0.3, -0.25) is 9.59 Å². The van der Waals surface area contributed by atoms with Gasteiger partial charge in [-0.15, -0.1) is 0 Å². The molecule has 0 saturated heterocycles. The molecule has 0 aliphatic carbocycles. The molecule has 0 atom stereocenters. The summed E-state index contributed by atoms with van der Waals surface area (Å²) in [4.78, 5) is 24.6. The molecule has 6 heteroatoms. The number of rotatable bonds is 3. The summed E-state index contributed by atoms with van der Waals surface area (Å²) < 4.78 is 3.06. The minimum Gasteiger partial charge on any atom is -0.352 e. The quantitative estimate of drug-likeness (QED) is 0.795. The number of aryl methyl sites for hydroxylation is 1. The molecule has 0 unspecified atom stereocenters. The molecular weight excluding hydrogens is 280 g/mol. The molecule has 2 aromatic heterocycles. The topological polar surface area (TPSA) is 68.9 Å². The highest BCUT2D eigenvalue weighted by atomic mass is 16.2. The van der Waals surface area contributed by atoms with Crippen molar-refractivity contribution in [2.45, 2.75) is 26.4 Å². The van der Waals surface area contributed by atoms with Crippen LogP contribution in [-0.4, -0.2) is 26.3 Å². The number of fused-ring (bicyclic) bond motifs is 3. The smallest absolute Gasteiger partial charge is 0.291 e. The van der Waals surface area contributed by atoms with Crippen LogP contribution in [0.4, 0.5) is 0 Å². The van der Waals surface area contributed by atoms with Crippen molar-refractivity contribution >= 4 is 27.7 Å². The van der Waals surface area contributed by atoms with Crippen molar-refractivity contribution in [3.05, 3.63) is 40.8 Å². The fourth-order valence-corrected chi connectivity index (χ4v) is 2.72. The Morgan fingerprint density at radius 1 is 1.27 bits per heavy atom. The van der Waals surface area contributed by atoms with Crippen molar-refractivity contribution < 1.29 is 4.79 Å². The van der Waals surface area contributed by atoms with Gasteiger partial charge in [0.05, 0.1) is 6.20 Å². The Kier molecular flexibility index (Phi) is 3.44. The summed E-state index contributed by atoms with van der Waals surface area (Å²) >= 11 is 0. The van der Waals surface area contributed by atoms with Crippen molar-refractivity contribution in [2.75, 3.05) is 0 Å². The van der Waals surface area contributed by atoms with Gasteiger partial charge in [0.1, 0.15) is 12.1 Å². The number of amides is 1. The third kappa shape index (κ3) is 2.26. The summed E-state index contributed by atoms with van der Waals surface area (Å²) in [6.07, 6.45) is 1.68. The zero-order chi connectivity index (χ0) is 15.9. The van der Waals surface area contributed by atoms with E-state index in [0.29, 0.717) is 5.52 Å². The van der Waals surface area contributed by atoms with E-state index < -0.39 is 0 Å². The second-order valence-electron chi connectivity index (χ2n) is 5.66. The van der Waals surface area contributed by atoms with Crippen LogP contribution in [0.25, 0.3) is 21.8 Å². The van der Waals surface area contributed by atoms with Crippen molar-refractivity contribution in [3.8, 4) is 0 Å². The van der Waals surface area contributed by atoms with E-state index in [0.717, 1.165) is 16.3 Å². The first-order valence-electron chi connectivity index (χ1n) is 7.21. The number of carbonyl (C=O) groups is 1. The Balaban J connectivity index is 2.27. The number of aromatic nitrogens is 3. The second-order valence-corrected chi connectivity index (χ2v) is 5.66. The fraction of sp³-hybridized carbons (Fsp3) is 0.312. The number of hydrogen-bond acceptors (Lipinski definition) is 3. The molecule has 3 rings (SSSR count). The van der Waals surface area contributed by atoms with Crippen molar-refractivity contribution in [1.82, 2.24) is 19.7 Å². The lowest BCUT2D eigenvalue weighted by atomic mass is 10.2. The summed E-state index contributed by atoms with van der Waals surface area (Å²) in [5, 5.41) is 8.65. The third-order valence-electron chi connectivity index (χ3n) is 3.62. The van der Waals surface area contributed by atoms with Crippen LogP contribution in [0.2, 0.25) is 0 Å². The highest BCUT2D eigenvalue weighted by molar-refractivity contribution is 6.07. The molecule has 0 bridgehead atoms. The van der Waals surface area contributed by atoms with Gasteiger partial charge in [0.15, 0.2) is 0 Å². The fourth-order valence-electron chi connectivity index (χ4n) is 2.72. The molecule has 0 spiro atoms. The molecule has 1 aromatic carbocycles. The van der Waals surface area contributed by atoms with Crippen LogP contribution in [0.1, 0.15) is 13.8 Å². The van der Waals surface area contributed by atoms with Gasteiger partial charge in [-0.1, -0.05) is 18.2 Å². The van der Waals surface area contributed by atoms with E-state index in [9.17, 15) is 9.59 Å². The minimum absolute atomic E-state index is 0.0603. The maximum Gasteiger partial charge on any atom is 0.291 e. The van der Waals surface area contributed by atoms with Gasteiger partial charge in [-0.05, 0) is 19.9 Å². The largest absolute Gasteiger partial charge is 0.352 e. The van der Waals surface area contributed by atoms with Crippen LogP contribution in [0.15, 0.2) is 35.3 Å². The number of carbonyl (C=O) groups excluding carboxylic acids is 1. The Bertz CT molecular complexity index is 921. The van der Waals surface area contributed by atoms with Gasteiger partial charge in [-0.2, -0.15) is 5.10 Å². The predicted molar refractivity (Wildman–Crippen MR) is 85.8 cm³/mol. The standard InChI is InChI=1S/C16H18N4O2/c1-10(2)18-14(21)9-20-13-7-5-4-6-11(13)12-8-17-19(3)16(22)15(12)20/h4-8,10H,9H2,1-3H3,(H,18,21). The molecule has 0 aliphatic heterocycles. The van der Waals surface area contributed by atoms with E-state index in [4.69, 9.17) is 0 Å². The lowest BCUT2D eigenvalue weighted by Crippen LogP contribution is -2.33. The summed E-state index contributed by atoms with van der Waals surface area (Å²) in [6.45, 7) is 3.93. The first-order chi connectivity index (χ1) is 10.5. The molecule has 6 nitrogen and oxygen atoms in total. The van der Waals surface area contributed by atoms with Crippen LogP contribution in [-0.2, 0) is 18.4 Å². The van der Waals surface area contributed by atoms with E-state index >= 15 is 0 Å². The molecule has 22 heavy (non-hydrogen) atoms. The molecule has 114 valence electrons. The van der Waals surface area contributed by atoms with E-state index in [1.165, 1.54) is 4.68 Å². The van der Waals surface area contributed by atoms with Crippen molar-refractivity contribution in [2.24, 2.45) is 7.05 Å². The Morgan fingerprint density at radius 2 is 2.00 bits per heavy atom. The summed E-state index contributed by atoms with van der Waals surface area (Å²) in [7, 11) is 1.61. The molecule has 1 N–H and O–H groups in total. The summed E-state index contributed by atoms with van der Waals surface area (Å²) in [6, 6.07) is 7.73. The van der Waals surface area contributed by atoms with Crippen LogP contribution >= 0.6 is 0 Å². The van der Waals surface area contributed by atoms with Crippen LogP contribution in [0, 0.1) is 0 Å². The third-order valence-corrected chi connectivity index (χ3v) is 3.62. The lowest BCUT2D eigenvalue weighted by molar-refractivity contribution is -0.122. The molecule has 0 fully saturated rings. The number of nitrogens with one attached hydrogen (secondary N) is 1. The normalized spacial score (nSPS) is 11.5. The van der Waals surface area contributed by atoms with E-state index in [2.05, 4.69) is 10.4 Å². The minimum atomic E-state index is -0.203. The van der Waals surface area contributed by atoms with Crippen LogP contribution in [0.3, 0.4) is 0 Å². The molecule has 0 radical (unpaired) electrons. The monoisotopic (exact) mass is 298 g/mol. The number of para-hydroxylation sites is 1.